The van der Waals surface area contributed by atoms with Gasteiger partial charge in [-0.1, -0.05) is 6.08 Å². The van der Waals surface area contributed by atoms with Gasteiger partial charge in [0.2, 0.25) is 0 Å². The molecule has 0 aliphatic carbocycles. The van der Waals surface area contributed by atoms with E-state index in [1.165, 1.54) is 6.08 Å². The Labute approximate surface area is 165 Å². The molecule has 0 aliphatic rings. The van der Waals surface area contributed by atoms with Crippen molar-refractivity contribution in [2.45, 2.75) is 0 Å². The van der Waals surface area contributed by atoms with Gasteiger partial charge in [-0.15, -0.1) is 6.58 Å². The standard InChI is InChI=1S/C18H36O10/c1-2-3-26-12-17(7-22,8-23)13-28-15-18(9-24,10-25)14-27-11-16(4-19,5-20)6-21/h2,19-25H,1,3-15H2. The van der Waals surface area contributed by atoms with Crippen LogP contribution in [0.3, 0.4) is 0 Å². The topological polar surface area (TPSA) is 169 Å². The maximum Gasteiger partial charge on any atom is 0.0645 e. The van der Waals surface area contributed by atoms with Crippen LogP contribution in [-0.2, 0) is 14.2 Å². The van der Waals surface area contributed by atoms with Crippen LogP contribution in [0.4, 0.5) is 0 Å². The van der Waals surface area contributed by atoms with Gasteiger partial charge < -0.3 is 50.0 Å². The maximum absolute atomic E-state index is 9.69. The van der Waals surface area contributed by atoms with Crippen LogP contribution in [-0.4, -0.2) is 122 Å². The number of hydrogen-bond donors (Lipinski definition) is 7. The van der Waals surface area contributed by atoms with Crippen molar-refractivity contribution in [2.24, 2.45) is 16.2 Å². The average Bonchev–Trinajstić information content (AvgIpc) is 2.75. The van der Waals surface area contributed by atoms with E-state index in [-0.39, 0.29) is 39.6 Å². The van der Waals surface area contributed by atoms with E-state index < -0.39 is 62.5 Å². The highest BCUT2D eigenvalue weighted by Gasteiger charge is 2.35. The SMILES string of the molecule is C=CCOCC(CO)(CO)COCC(CO)(CO)COCC(CO)(CO)CO. The molecule has 0 fully saturated rings. The van der Waals surface area contributed by atoms with E-state index in [1.54, 1.807) is 0 Å². The van der Waals surface area contributed by atoms with E-state index >= 15 is 0 Å². The average molecular weight is 412 g/mol. The summed E-state index contributed by atoms with van der Waals surface area (Å²) >= 11 is 0. The van der Waals surface area contributed by atoms with Crippen molar-refractivity contribution in [3.63, 3.8) is 0 Å². The first-order valence-corrected chi connectivity index (χ1v) is 9.00. The van der Waals surface area contributed by atoms with Gasteiger partial charge in [-0.2, -0.15) is 0 Å². The lowest BCUT2D eigenvalue weighted by molar-refractivity contribution is -0.130. The van der Waals surface area contributed by atoms with Crippen molar-refractivity contribution in [3.05, 3.63) is 12.7 Å². The summed E-state index contributed by atoms with van der Waals surface area (Å²) in [4.78, 5) is 0. The van der Waals surface area contributed by atoms with Crippen LogP contribution in [0.25, 0.3) is 0 Å². The predicted octanol–water partition coefficient (Wildman–Crippen LogP) is -2.87. The highest BCUT2D eigenvalue weighted by molar-refractivity contribution is 4.83. The molecular weight excluding hydrogens is 376 g/mol. The molecule has 0 radical (unpaired) electrons. The molecule has 0 aromatic heterocycles. The fraction of sp³-hybridized carbons (Fsp3) is 0.889. The zero-order valence-corrected chi connectivity index (χ0v) is 16.3. The molecule has 0 aliphatic heterocycles. The van der Waals surface area contributed by atoms with Crippen molar-refractivity contribution >= 4 is 0 Å². The number of ether oxygens (including phenoxy) is 3. The van der Waals surface area contributed by atoms with Gasteiger partial charge >= 0.3 is 0 Å². The molecule has 10 nitrogen and oxygen atoms in total. The summed E-state index contributed by atoms with van der Waals surface area (Å²) in [5, 5.41) is 66.5. The molecule has 0 aromatic carbocycles. The maximum atomic E-state index is 9.69. The third kappa shape index (κ3) is 8.37. The fourth-order valence-electron chi connectivity index (χ4n) is 2.16. The first-order chi connectivity index (χ1) is 13.4. The summed E-state index contributed by atoms with van der Waals surface area (Å²) in [5.74, 6) is 0. The van der Waals surface area contributed by atoms with Crippen LogP contribution in [0.1, 0.15) is 0 Å². The molecule has 0 rings (SSSR count). The summed E-state index contributed by atoms with van der Waals surface area (Å²) in [7, 11) is 0. The molecule has 0 spiro atoms. The Balaban J connectivity index is 4.79. The summed E-state index contributed by atoms with van der Waals surface area (Å²) in [6.45, 7) is -0.0475. The highest BCUT2D eigenvalue weighted by Crippen LogP contribution is 2.23. The molecule has 7 N–H and O–H groups in total. The van der Waals surface area contributed by atoms with Gasteiger partial charge in [0.25, 0.3) is 0 Å². The van der Waals surface area contributed by atoms with Crippen molar-refractivity contribution < 1.29 is 50.0 Å². The minimum Gasteiger partial charge on any atom is -0.396 e. The zero-order valence-electron chi connectivity index (χ0n) is 16.3. The van der Waals surface area contributed by atoms with E-state index in [1.807, 2.05) is 0 Å². The summed E-state index contributed by atoms with van der Waals surface area (Å²) in [6, 6.07) is 0. The molecule has 0 saturated heterocycles. The fourth-order valence-corrected chi connectivity index (χ4v) is 2.16. The minimum absolute atomic E-state index is 0.0276. The minimum atomic E-state index is -1.23. The lowest BCUT2D eigenvalue weighted by Crippen LogP contribution is -2.45. The quantitative estimate of drug-likeness (QED) is 0.0864. The Kier molecular flexibility index (Phi) is 14.0. The normalized spacial score (nSPS) is 13.1. The van der Waals surface area contributed by atoms with E-state index in [2.05, 4.69) is 6.58 Å². The van der Waals surface area contributed by atoms with E-state index in [0.717, 1.165) is 0 Å². The zero-order chi connectivity index (χ0) is 21.5. The molecular formula is C18H36O10. The van der Waals surface area contributed by atoms with Gasteiger partial charge in [0, 0.05) is 0 Å². The Hall–Kier alpha value is -0.660. The molecule has 0 bridgehead atoms. The largest absolute Gasteiger partial charge is 0.396 e. The Morgan fingerprint density at radius 1 is 0.500 bits per heavy atom. The lowest BCUT2D eigenvalue weighted by Gasteiger charge is -2.34. The first kappa shape index (κ1) is 27.3. The Bertz CT molecular complexity index is 384. The molecule has 0 aromatic rings. The molecule has 10 heteroatoms. The summed E-state index contributed by atoms with van der Waals surface area (Å²) in [5.41, 5.74) is -3.48. The van der Waals surface area contributed by atoms with Crippen molar-refractivity contribution in [3.8, 4) is 0 Å². The van der Waals surface area contributed by atoms with E-state index in [0.29, 0.717) is 0 Å². The van der Waals surface area contributed by atoms with Crippen LogP contribution in [0, 0.1) is 16.2 Å². The second-order valence-electron chi connectivity index (χ2n) is 7.40. The van der Waals surface area contributed by atoms with Gasteiger partial charge in [0.15, 0.2) is 0 Å². The third-order valence-corrected chi connectivity index (χ3v) is 4.62. The van der Waals surface area contributed by atoms with Crippen molar-refractivity contribution in [2.75, 3.05) is 85.9 Å². The Morgan fingerprint density at radius 2 is 0.786 bits per heavy atom. The lowest BCUT2D eigenvalue weighted by atomic mass is 9.90. The monoisotopic (exact) mass is 412 g/mol. The van der Waals surface area contributed by atoms with E-state index in [4.69, 9.17) is 14.2 Å². The molecule has 168 valence electrons. The van der Waals surface area contributed by atoms with E-state index in [9.17, 15) is 35.7 Å². The summed E-state index contributed by atoms with van der Waals surface area (Å²) < 4.78 is 16.3. The number of aliphatic hydroxyl groups is 7. The van der Waals surface area contributed by atoms with Crippen LogP contribution in [0.2, 0.25) is 0 Å². The van der Waals surface area contributed by atoms with Gasteiger partial charge in [-0.25, -0.2) is 0 Å². The molecule has 0 amide bonds. The van der Waals surface area contributed by atoms with Crippen LogP contribution < -0.4 is 0 Å². The number of aliphatic hydroxyl groups excluding tert-OH is 7. The molecule has 0 unspecified atom stereocenters. The van der Waals surface area contributed by atoms with Gasteiger partial charge in [0.1, 0.15) is 0 Å². The Morgan fingerprint density at radius 3 is 1.07 bits per heavy atom. The van der Waals surface area contributed by atoms with Gasteiger partial charge in [-0.05, 0) is 0 Å². The first-order valence-electron chi connectivity index (χ1n) is 9.00. The van der Waals surface area contributed by atoms with Gasteiger partial charge in [0.05, 0.1) is 102 Å². The van der Waals surface area contributed by atoms with Crippen LogP contribution >= 0.6 is 0 Å². The predicted molar refractivity (Wildman–Crippen MR) is 99.6 cm³/mol. The molecule has 28 heavy (non-hydrogen) atoms. The third-order valence-electron chi connectivity index (χ3n) is 4.62. The number of hydrogen-bond acceptors (Lipinski definition) is 10. The molecule has 0 atom stereocenters. The van der Waals surface area contributed by atoms with Crippen LogP contribution in [0.15, 0.2) is 12.7 Å². The van der Waals surface area contributed by atoms with Crippen LogP contribution in [0.5, 0.6) is 0 Å². The van der Waals surface area contributed by atoms with Crippen molar-refractivity contribution in [1.29, 1.82) is 0 Å². The second-order valence-corrected chi connectivity index (χ2v) is 7.40. The number of rotatable bonds is 19. The van der Waals surface area contributed by atoms with Crippen molar-refractivity contribution in [1.82, 2.24) is 0 Å². The van der Waals surface area contributed by atoms with Gasteiger partial charge in [-0.3, -0.25) is 0 Å². The second kappa shape index (κ2) is 14.3. The summed E-state index contributed by atoms with van der Waals surface area (Å²) in [6.07, 6.45) is 1.53. The smallest absolute Gasteiger partial charge is 0.0645 e. The highest BCUT2D eigenvalue weighted by atomic mass is 16.5. The molecule has 0 saturated carbocycles. The molecule has 0 heterocycles.